The van der Waals surface area contributed by atoms with E-state index in [0.717, 1.165) is 10.5 Å². The van der Waals surface area contributed by atoms with Gasteiger partial charge in [0.15, 0.2) is 6.61 Å². The minimum absolute atomic E-state index is 0.00611. The van der Waals surface area contributed by atoms with Gasteiger partial charge in [0, 0.05) is 10.3 Å². The number of carbonyl (C=O) groups excluding carboxylic acids is 1. The summed E-state index contributed by atoms with van der Waals surface area (Å²) in [6, 6.07) is 11.6. The smallest absolute Gasteiger partial charge is 0.319 e. The fourth-order valence-electron chi connectivity index (χ4n) is 1.82. The molecule has 0 saturated carbocycles. The van der Waals surface area contributed by atoms with Crippen molar-refractivity contribution in [2.75, 3.05) is 0 Å². The van der Waals surface area contributed by atoms with Crippen molar-refractivity contribution in [2.24, 2.45) is 0 Å². The summed E-state index contributed by atoms with van der Waals surface area (Å²) in [7, 11) is 0. The van der Waals surface area contributed by atoms with Gasteiger partial charge in [-0.3, -0.25) is 4.79 Å². The lowest BCUT2D eigenvalue weighted by Gasteiger charge is -2.09. The molecule has 3 rings (SSSR count). The van der Waals surface area contributed by atoms with Crippen LogP contribution in [0.15, 0.2) is 56.6 Å². The number of thioether (sulfide) groups is 1. The average Bonchev–Trinajstić information content (AvgIpc) is 3.24. The quantitative estimate of drug-likeness (QED) is 0.496. The first kappa shape index (κ1) is 15.8. The molecule has 0 bridgehead atoms. The molecule has 1 aromatic carbocycles. The van der Waals surface area contributed by atoms with Crippen molar-refractivity contribution in [1.29, 1.82) is 0 Å². The molecular formula is C16H14N2O3S2. The second-order valence-electron chi connectivity index (χ2n) is 4.71. The van der Waals surface area contributed by atoms with Crippen molar-refractivity contribution < 1.29 is 14.1 Å². The molecule has 1 atom stereocenters. The van der Waals surface area contributed by atoms with Crippen LogP contribution in [0.2, 0.25) is 0 Å². The van der Waals surface area contributed by atoms with Gasteiger partial charge in [-0.15, -0.1) is 11.8 Å². The van der Waals surface area contributed by atoms with E-state index in [1.165, 1.54) is 11.8 Å². The van der Waals surface area contributed by atoms with Crippen LogP contribution in [0.25, 0.3) is 11.5 Å². The van der Waals surface area contributed by atoms with Crippen LogP contribution in [0, 0.1) is 0 Å². The molecule has 3 aromatic rings. The number of nitrogens with zero attached hydrogens (tertiary/aromatic N) is 2. The molecule has 0 fully saturated rings. The van der Waals surface area contributed by atoms with Crippen molar-refractivity contribution in [1.82, 2.24) is 10.1 Å². The highest BCUT2D eigenvalue weighted by molar-refractivity contribution is 8.00. The zero-order valence-corrected chi connectivity index (χ0v) is 14.0. The standard InChI is InChI=1S/C16H14N2O3S2/c1-11(23-13-5-3-2-4-6-13)16(19)20-9-14-17-15(21-18-14)12-7-8-22-10-12/h2-8,10-11H,9H2,1H3/t11-/m1/s1. The lowest BCUT2D eigenvalue weighted by Crippen LogP contribution is -2.17. The molecule has 118 valence electrons. The Labute approximate surface area is 141 Å². The number of aromatic nitrogens is 2. The number of esters is 1. The van der Waals surface area contributed by atoms with Crippen molar-refractivity contribution in [3.8, 4) is 11.5 Å². The average molecular weight is 346 g/mol. The predicted molar refractivity (Wildman–Crippen MR) is 89.2 cm³/mol. The van der Waals surface area contributed by atoms with Crippen molar-refractivity contribution in [3.63, 3.8) is 0 Å². The van der Waals surface area contributed by atoms with Gasteiger partial charge in [0.1, 0.15) is 5.25 Å². The molecule has 2 heterocycles. The Morgan fingerprint density at radius 3 is 2.91 bits per heavy atom. The van der Waals surface area contributed by atoms with E-state index in [2.05, 4.69) is 10.1 Å². The number of hydrogen-bond donors (Lipinski definition) is 0. The molecular weight excluding hydrogens is 332 g/mol. The normalized spacial score (nSPS) is 12.0. The van der Waals surface area contributed by atoms with Crippen LogP contribution in [0.4, 0.5) is 0 Å². The van der Waals surface area contributed by atoms with E-state index >= 15 is 0 Å². The summed E-state index contributed by atoms with van der Waals surface area (Å²) in [4.78, 5) is 17.3. The SMILES string of the molecule is C[C@@H](Sc1ccccc1)C(=O)OCc1noc(-c2ccsc2)n1. The van der Waals surface area contributed by atoms with E-state index in [0.29, 0.717) is 11.7 Å². The first-order valence-electron chi connectivity index (χ1n) is 6.96. The van der Waals surface area contributed by atoms with Gasteiger partial charge in [-0.1, -0.05) is 23.4 Å². The Morgan fingerprint density at radius 1 is 1.35 bits per heavy atom. The minimum Gasteiger partial charge on any atom is -0.456 e. The van der Waals surface area contributed by atoms with Crippen molar-refractivity contribution in [2.45, 2.75) is 23.7 Å². The molecule has 0 saturated heterocycles. The number of rotatable bonds is 6. The Balaban J connectivity index is 1.52. The van der Waals surface area contributed by atoms with Crippen LogP contribution >= 0.6 is 23.1 Å². The lowest BCUT2D eigenvalue weighted by molar-refractivity contribution is -0.144. The highest BCUT2D eigenvalue weighted by atomic mass is 32.2. The summed E-state index contributed by atoms with van der Waals surface area (Å²) in [6.07, 6.45) is 0. The Bertz CT molecular complexity index is 757. The van der Waals surface area contributed by atoms with E-state index in [9.17, 15) is 4.79 Å². The second-order valence-corrected chi connectivity index (χ2v) is 6.90. The van der Waals surface area contributed by atoms with E-state index in [-0.39, 0.29) is 17.8 Å². The van der Waals surface area contributed by atoms with Crippen LogP contribution in [-0.2, 0) is 16.1 Å². The molecule has 0 aliphatic carbocycles. The molecule has 7 heteroatoms. The van der Waals surface area contributed by atoms with Crippen molar-refractivity contribution >= 4 is 29.1 Å². The Hall–Kier alpha value is -2.12. The molecule has 0 aliphatic heterocycles. The third kappa shape index (κ3) is 4.20. The lowest BCUT2D eigenvalue weighted by atomic mass is 10.3. The monoisotopic (exact) mass is 346 g/mol. The summed E-state index contributed by atoms with van der Waals surface area (Å²) < 4.78 is 10.4. The van der Waals surface area contributed by atoms with Crippen molar-refractivity contribution in [3.05, 3.63) is 53.0 Å². The molecule has 5 nitrogen and oxygen atoms in total. The first-order chi connectivity index (χ1) is 11.2. The molecule has 0 radical (unpaired) electrons. The van der Waals surface area contributed by atoms with Gasteiger partial charge >= 0.3 is 5.97 Å². The maximum atomic E-state index is 12.0. The first-order valence-corrected chi connectivity index (χ1v) is 8.78. The number of ether oxygens (including phenoxy) is 1. The Morgan fingerprint density at radius 2 is 2.17 bits per heavy atom. The topological polar surface area (TPSA) is 65.2 Å². The van der Waals surface area contributed by atoms with E-state index in [1.807, 2.05) is 54.1 Å². The van der Waals surface area contributed by atoms with Gasteiger partial charge in [-0.25, -0.2) is 0 Å². The summed E-state index contributed by atoms with van der Waals surface area (Å²) in [5.74, 6) is 0.487. The number of thiophene rings is 1. The maximum Gasteiger partial charge on any atom is 0.319 e. The molecule has 0 amide bonds. The number of carbonyl (C=O) groups is 1. The minimum atomic E-state index is -0.305. The summed E-state index contributed by atoms with van der Waals surface area (Å²) in [5, 5.41) is 7.37. The molecule has 0 spiro atoms. The Kier molecular flexibility index (Phi) is 5.09. The second kappa shape index (κ2) is 7.43. The van der Waals surface area contributed by atoms with Gasteiger partial charge in [-0.2, -0.15) is 16.3 Å². The molecule has 0 aliphatic rings. The highest BCUT2D eigenvalue weighted by Gasteiger charge is 2.17. The zero-order valence-electron chi connectivity index (χ0n) is 12.3. The number of hydrogen-bond acceptors (Lipinski definition) is 7. The van der Waals surface area contributed by atoms with E-state index < -0.39 is 0 Å². The number of benzene rings is 1. The molecule has 0 N–H and O–H groups in total. The van der Waals surface area contributed by atoms with Crippen LogP contribution in [-0.4, -0.2) is 21.4 Å². The summed E-state index contributed by atoms with van der Waals surface area (Å²) in [5.41, 5.74) is 0.869. The van der Waals surface area contributed by atoms with Gasteiger partial charge < -0.3 is 9.26 Å². The van der Waals surface area contributed by atoms with Crippen LogP contribution in [0.3, 0.4) is 0 Å². The molecule has 23 heavy (non-hydrogen) atoms. The molecule has 0 unspecified atom stereocenters. The highest BCUT2D eigenvalue weighted by Crippen LogP contribution is 2.24. The third-order valence-electron chi connectivity index (χ3n) is 2.97. The maximum absolute atomic E-state index is 12.0. The van der Waals surface area contributed by atoms with Crippen LogP contribution in [0.1, 0.15) is 12.7 Å². The van der Waals surface area contributed by atoms with Crippen LogP contribution < -0.4 is 0 Å². The fraction of sp³-hybridized carbons (Fsp3) is 0.188. The summed E-state index contributed by atoms with van der Waals surface area (Å²) >= 11 is 3.00. The third-order valence-corrected chi connectivity index (χ3v) is 4.74. The van der Waals surface area contributed by atoms with Gasteiger partial charge in [0.25, 0.3) is 5.89 Å². The summed E-state index contributed by atoms with van der Waals surface area (Å²) in [6.45, 7) is 1.82. The van der Waals surface area contributed by atoms with Gasteiger partial charge in [0.05, 0.1) is 5.56 Å². The van der Waals surface area contributed by atoms with E-state index in [1.54, 1.807) is 11.3 Å². The zero-order chi connectivity index (χ0) is 16.1. The fourth-order valence-corrected chi connectivity index (χ4v) is 3.34. The van der Waals surface area contributed by atoms with Gasteiger partial charge in [0.2, 0.25) is 5.82 Å². The van der Waals surface area contributed by atoms with Gasteiger partial charge in [-0.05, 0) is 30.5 Å². The van der Waals surface area contributed by atoms with Crippen LogP contribution in [0.5, 0.6) is 0 Å². The predicted octanol–water partition coefficient (Wildman–Crippen LogP) is 4.02. The van der Waals surface area contributed by atoms with E-state index in [4.69, 9.17) is 9.26 Å². The molecule has 2 aromatic heterocycles. The largest absolute Gasteiger partial charge is 0.456 e.